The van der Waals surface area contributed by atoms with Crippen molar-refractivity contribution in [1.29, 1.82) is 0 Å². The van der Waals surface area contributed by atoms with Crippen molar-refractivity contribution in [2.45, 2.75) is 26.2 Å². The van der Waals surface area contributed by atoms with Crippen molar-refractivity contribution >= 4 is 23.5 Å². The van der Waals surface area contributed by atoms with Gasteiger partial charge >= 0.3 is 6.03 Å². The number of carbonyl (C=O) groups is 1. The highest BCUT2D eigenvalue weighted by Crippen LogP contribution is 2.24. The van der Waals surface area contributed by atoms with Crippen LogP contribution in [0.25, 0.3) is 0 Å². The monoisotopic (exact) mass is 404 g/mol. The number of nitrogens with one attached hydrogen (secondary N) is 2. The third-order valence-electron chi connectivity index (χ3n) is 4.00. The fourth-order valence-corrected chi connectivity index (χ4v) is 2.40. The average Bonchev–Trinajstić information content (AvgIpc) is 3.16. The topological polar surface area (TPSA) is 96.2 Å². The normalized spacial score (nSPS) is 10.7. The van der Waals surface area contributed by atoms with Crippen LogP contribution in [0, 0.1) is 11.8 Å². The summed E-state index contributed by atoms with van der Waals surface area (Å²) in [6.07, 6.45) is 3.35. The van der Waals surface area contributed by atoms with E-state index in [1.165, 1.54) is 0 Å². The fourth-order valence-electron chi connectivity index (χ4n) is 2.40. The quantitative estimate of drug-likeness (QED) is 0.643. The maximum Gasteiger partial charge on any atom is 0.324 e. The zero-order valence-electron chi connectivity index (χ0n) is 17.6. The highest BCUT2D eigenvalue weighted by atomic mass is 16.5. The summed E-state index contributed by atoms with van der Waals surface area (Å²) in [5, 5.41) is 9.31. The molecule has 0 spiro atoms. The van der Waals surface area contributed by atoms with Crippen LogP contribution in [0.5, 0.6) is 0 Å². The summed E-state index contributed by atoms with van der Waals surface area (Å²) in [6.45, 7) is 6.02. The van der Waals surface area contributed by atoms with Gasteiger partial charge in [-0.1, -0.05) is 43.8 Å². The minimum atomic E-state index is -0.415. The molecule has 2 N–H and O–H groups in total. The predicted molar refractivity (Wildman–Crippen MR) is 117 cm³/mol. The number of anilines is 3. The van der Waals surface area contributed by atoms with Gasteiger partial charge in [-0.05, 0) is 18.2 Å². The summed E-state index contributed by atoms with van der Waals surface area (Å²) in [6, 6.07) is 8.54. The van der Waals surface area contributed by atoms with Crippen molar-refractivity contribution in [3.05, 3.63) is 59.6 Å². The Morgan fingerprint density at radius 3 is 2.37 bits per heavy atom. The first-order valence-corrected chi connectivity index (χ1v) is 9.37. The molecule has 3 aromatic rings. The molecule has 3 rings (SSSR count). The summed E-state index contributed by atoms with van der Waals surface area (Å²) < 4.78 is 5.27. The lowest BCUT2D eigenvalue weighted by molar-refractivity contribution is 0.262. The van der Waals surface area contributed by atoms with Crippen LogP contribution in [0.3, 0.4) is 0 Å². The molecule has 8 nitrogen and oxygen atoms in total. The molecule has 2 amide bonds. The first-order chi connectivity index (χ1) is 14.2. The summed E-state index contributed by atoms with van der Waals surface area (Å²) in [7, 11) is 3.75. The van der Waals surface area contributed by atoms with Gasteiger partial charge < -0.3 is 14.7 Å². The zero-order chi connectivity index (χ0) is 21.7. The van der Waals surface area contributed by atoms with Crippen molar-refractivity contribution in [1.82, 2.24) is 15.1 Å². The van der Waals surface area contributed by atoms with Crippen molar-refractivity contribution in [2.24, 2.45) is 0 Å². The van der Waals surface area contributed by atoms with Crippen LogP contribution >= 0.6 is 0 Å². The average molecular weight is 404 g/mol. The molecule has 1 aromatic carbocycles. The van der Waals surface area contributed by atoms with Gasteiger partial charge in [0.25, 0.3) is 0 Å². The molecule has 0 radical (unpaired) electrons. The molecule has 2 aromatic heterocycles. The van der Waals surface area contributed by atoms with Gasteiger partial charge in [0.15, 0.2) is 5.82 Å². The van der Waals surface area contributed by atoms with Gasteiger partial charge in [0.05, 0.1) is 5.56 Å². The largest absolute Gasteiger partial charge is 0.359 e. The molecule has 154 valence electrons. The summed E-state index contributed by atoms with van der Waals surface area (Å²) >= 11 is 0. The van der Waals surface area contributed by atoms with E-state index >= 15 is 0 Å². The van der Waals surface area contributed by atoms with Gasteiger partial charge in [0.1, 0.15) is 5.76 Å². The van der Waals surface area contributed by atoms with E-state index in [0.29, 0.717) is 28.8 Å². The summed E-state index contributed by atoms with van der Waals surface area (Å²) in [4.78, 5) is 22.6. The molecule has 30 heavy (non-hydrogen) atoms. The maximum absolute atomic E-state index is 12.3. The molecule has 0 saturated heterocycles. The van der Waals surface area contributed by atoms with E-state index in [0.717, 1.165) is 5.56 Å². The Morgan fingerprint density at radius 2 is 1.73 bits per heavy atom. The van der Waals surface area contributed by atoms with Gasteiger partial charge in [-0.25, -0.2) is 14.8 Å². The van der Waals surface area contributed by atoms with Crippen LogP contribution in [-0.4, -0.2) is 35.3 Å². The molecule has 0 saturated carbocycles. The van der Waals surface area contributed by atoms with Crippen molar-refractivity contribution < 1.29 is 9.32 Å². The minimum absolute atomic E-state index is 0.186. The Balaban J connectivity index is 1.64. The second-order valence-electron chi connectivity index (χ2n) is 7.90. The van der Waals surface area contributed by atoms with Crippen molar-refractivity contribution in [3.63, 3.8) is 0 Å². The van der Waals surface area contributed by atoms with E-state index in [1.807, 2.05) is 51.9 Å². The second kappa shape index (κ2) is 8.66. The van der Waals surface area contributed by atoms with E-state index in [-0.39, 0.29) is 5.41 Å². The molecule has 0 aliphatic carbocycles. The number of urea groups is 1. The Labute approximate surface area is 175 Å². The number of hydrogen-bond donors (Lipinski definition) is 2. The summed E-state index contributed by atoms with van der Waals surface area (Å²) in [5.74, 6) is 7.74. The third-order valence-corrected chi connectivity index (χ3v) is 4.00. The Morgan fingerprint density at radius 1 is 1.03 bits per heavy atom. The molecule has 8 heteroatoms. The number of aromatic nitrogens is 3. The highest BCUT2D eigenvalue weighted by molar-refractivity contribution is 5.99. The van der Waals surface area contributed by atoms with Crippen molar-refractivity contribution in [2.75, 3.05) is 29.6 Å². The van der Waals surface area contributed by atoms with Crippen molar-refractivity contribution in [3.8, 4) is 11.8 Å². The van der Waals surface area contributed by atoms with E-state index in [4.69, 9.17) is 4.52 Å². The van der Waals surface area contributed by atoms with Crippen LogP contribution in [0.15, 0.2) is 47.2 Å². The Hall–Kier alpha value is -3.86. The van der Waals surface area contributed by atoms with E-state index in [2.05, 4.69) is 37.6 Å². The van der Waals surface area contributed by atoms with E-state index in [9.17, 15) is 4.79 Å². The maximum atomic E-state index is 12.3. The van der Waals surface area contributed by atoms with Crippen LogP contribution < -0.4 is 15.5 Å². The van der Waals surface area contributed by atoms with Crippen LogP contribution in [0.2, 0.25) is 0 Å². The van der Waals surface area contributed by atoms with Gasteiger partial charge in [-0.2, -0.15) is 0 Å². The number of nitrogens with zero attached hydrogens (tertiary/aromatic N) is 4. The Kier molecular flexibility index (Phi) is 6.02. The fraction of sp³-hybridized carbons (Fsp3) is 0.273. The number of hydrogen-bond acceptors (Lipinski definition) is 6. The van der Waals surface area contributed by atoms with Crippen LogP contribution in [0.4, 0.5) is 22.2 Å². The number of amides is 2. The van der Waals surface area contributed by atoms with Crippen LogP contribution in [-0.2, 0) is 5.41 Å². The highest BCUT2D eigenvalue weighted by Gasteiger charge is 2.20. The lowest BCUT2D eigenvalue weighted by Crippen LogP contribution is -2.19. The number of carbonyl (C=O) groups excluding carboxylic acids is 1. The molecule has 0 aliphatic heterocycles. The van der Waals surface area contributed by atoms with Gasteiger partial charge in [-0.15, -0.1) is 0 Å². The smallest absolute Gasteiger partial charge is 0.324 e. The van der Waals surface area contributed by atoms with Crippen LogP contribution in [0.1, 0.15) is 37.7 Å². The minimum Gasteiger partial charge on any atom is -0.359 e. The van der Waals surface area contributed by atoms with Gasteiger partial charge in [-0.3, -0.25) is 5.32 Å². The molecule has 0 atom stereocenters. The molecule has 0 fully saturated rings. The first kappa shape index (κ1) is 20.9. The standard InChI is InChI=1S/C22H24N6O2/c1-22(2,3)18-12-19(27-30-18)26-21(29)25-17-8-6-7-15(11-17)9-10-16-13-23-20(24-14-16)28(4)5/h6-8,11-14H,1-5H3,(H2,25,26,27,29). The van der Waals surface area contributed by atoms with Gasteiger partial charge in [0, 0.05) is 49.2 Å². The molecular formula is C22H24N6O2. The van der Waals surface area contributed by atoms with E-state index < -0.39 is 6.03 Å². The lowest BCUT2D eigenvalue weighted by atomic mass is 9.93. The molecular weight excluding hydrogens is 380 g/mol. The first-order valence-electron chi connectivity index (χ1n) is 9.37. The SMILES string of the molecule is CN(C)c1ncc(C#Cc2cccc(NC(=O)Nc3cc(C(C)(C)C)on3)c2)cn1. The van der Waals surface area contributed by atoms with E-state index in [1.54, 1.807) is 30.6 Å². The van der Waals surface area contributed by atoms with Gasteiger partial charge in [0.2, 0.25) is 5.95 Å². The zero-order valence-corrected chi connectivity index (χ0v) is 17.6. The molecule has 0 aliphatic rings. The molecule has 0 bridgehead atoms. The lowest BCUT2D eigenvalue weighted by Gasteiger charge is -2.12. The molecule has 2 heterocycles. The number of benzene rings is 1. The number of rotatable bonds is 3. The molecule has 0 unspecified atom stereocenters. The Bertz CT molecular complexity index is 1090. The third kappa shape index (κ3) is 5.58. The predicted octanol–water partition coefficient (Wildman–Crippen LogP) is 3.87. The second-order valence-corrected chi connectivity index (χ2v) is 7.90. The summed E-state index contributed by atoms with van der Waals surface area (Å²) in [5.41, 5.74) is 1.88.